The van der Waals surface area contributed by atoms with Crippen molar-refractivity contribution in [2.45, 2.75) is 12.5 Å². The lowest BCUT2D eigenvalue weighted by Gasteiger charge is -2.25. The Balaban J connectivity index is 0.00000182. The van der Waals surface area contributed by atoms with Crippen molar-refractivity contribution in [3.05, 3.63) is 59.0 Å². The van der Waals surface area contributed by atoms with Gasteiger partial charge in [0.25, 0.3) is 0 Å². The zero-order valence-corrected chi connectivity index (χ0v) is 14.9. The van der Waals surface area contributed by atoms with Crippen molar-refractivity contribution >= 4 is 23.3 Å². The van der Waals surface area contributed by atoms with E-state index in [1.165, 1.54) is 11.6 Å². The second-order valence-corrected chi connectivity index (χ2v) is 5.96. The van der Waals surface area contributed by atoms with Gasteiger partial charge in [0.1, 0.15) is 5.82 Å². The summed E-state index contributed by atoms with van der Waals surface area (Å²) in [4.78, 5) is 3.46. The highest BCUT2D eigenvalue weighted by Crippen LogP contribution is 2.37. The molecule has 132 valence electrons. The van der Waals surface area contributed by atoms with E-state index in [1.807, 2.05) is 18.2 Å². The first kappa shape index (κ1) is 17.6. The van der Waals surface area contributed by atoms with Crippen molar-refractivity contribution in [3.63, 3.8) is 0 Å². The van der Waals surface area contributed by atoms with E-state index >= 15 is 0 Å². The van der Waals surface area contributed by atoms with Crippen molar-refractivity contribution in [2.24, 2.45) is 0 Å². The van der Waals surface area contributed by atoms with Crippen molar-refractivity contribution in [1.29, 1.82) is 0 Å². The Bertz CT molecular complexity index is 910. The first-order chi connectivity index (χ1) is 11.7. The molecule has 2 N–H and O–H groups in total. The molecule has 6 heteroatoms. The standard InChI is InChI=1S/C19H19FN2O2.ClH/c1-23-16-6-3-11(9-17(16)24-2)18-19-13(7-8-21-18)14-10-12(20)4-5-15(14)22-19;/h3-6,9-10,18,21-22H,7-8H2,1-2H3;1H. The van der Waals surface area contributed by atoms with Gasteiger partial charge in [-0.1, -0.05) is 6.07 Å². The summed E-state index contributed by atoms with van der Waals surface area (Å²) in [6, 6.07) is 10.8. The normalized spacial score (nSPS) is 16.2. The van der Waals surface area contributed by atoms with Crippen LogP contribution in [0.1, 0.15) is 22.9 Å². The van der Waals surface area contributed by atoms with Gasteiger partial charge in [0.05, 0.1) is 20.3 Å². The zero-order chi connectivity index (χ0) is 16.7. The molecule has 2 aromatic carbocycles. The molecular formula is C19H20ClFN2O2. The van der Waals surface area contributed by atoms with Gasteiger partial charge in [0.15, 0.2) is 11.5 Å². The van der Waals surface area contributed by atoms with E-state index in [2.05, 4.69) is 10.3 Å². The van der Waals surface area contributed by atoms with Crippen molar-refractivity contribution in [3.8, 4) is 11.5 Å². The largest absolute Gasteiger partial charge is 0.493 e. The molecule has 1 atom stereocenters. The molecule has 0 saturated heterocycles. The lowest BCUT2D eigenvalue weighted by molar-refractivity contribution is 0.354. The summed E-state index contributed by atoms with van der Waals surface area (Å²) < 4.78 is 24.4. The van der Waals surface area contributed by atoms with Gasteiger partial charge in [-0.3, -0.25) is 0 Å². The van der Waals surface area contributed by atoms with Crippen LogP contribution in [0.15, 0.2) is 36.4 Å². The van der Waals surface area contributed by atoms with E-state index in [4.69, 9.17) is 9.47 Å². The van der Waals surface area contributed by atoms with Gasteiger partial charge in [0, 0.05) is 23.1 Å². The lowest BCUT2D eigenvalue weighted by Crippen LogP contribution is -2.30. The van der Waals surface area contributed by atoms with Gasteiger partial charge in [-0.2, -0.15) is 0 Å². The van der Waals surface area contributed by atoms with Crippen molar-refractivity contribution in [2.75, 3.05) is 20.8 Å². The Morgan fingerprint density at radius 1 is 1.04 bits per heavy atom. The molecule has 1 aliphatic rings. The van der Waals surface area contributed by atoms with Crippen LogP contribution in [0.5, 0.6) is 11.5 Å². The van der Waals surface area contributed by atoms with Crippen LogP contribution >= 0.6 is 12.4 Å². The van der Waals surface area contributed by atoms with E-state index in [0.29, 0.717) is 11.5 Å². The number of rotatable bonds is 3. The highest BCUT2D eigenvalue weighted by Gasteiger charge is 2.26. The smallest absolute Gasteiger partial charge is 0.161 e. The molecule has 2 heterocycles. The maximum Gasteiger partial charge on any atom is 0.161 e. The van der Waals surface area contributed by atoms with E-state index < -0.39 is 0 Å². The number of halogens is 2. The number of methoxy groups -OCH3 is 2. The first-order valence-corrected chi connectivity index (χ1v) is 7.96. The Labute approximate surface area is 151 Å². The molecule has 4 nitrogen and oxygen atoms in total. The molecule has 0 saturated carbocycles. The van der Waals surface area contributed by atoms with Gasteiger partial charge >= 0.3 is 0 Å². The van der Waals surface area contributed by atoms with E-state index in [1.54, 1.807) is 26.4 Å². The average Bonchev–Trinajstić information content (AvgIpc) is 2.99. The summed E-state index contributed by atoms with van der Waals surface area (Å²) in [6.45, 7) is 0.843. The number of aromatic amines is 1. The average molecular weight is 363 g/mol. The third-order valence-corrected chi connectivity index (χ3v) is 4.65. The summed E-state index contributed by atoms with van der Waals surface area (Å²) in [5.41, 5.74) is 4.33. The molecule has 1 aliphatic heterocycles. The summed E-state index contributed by atoms with van der Waals surface area (Å²) >= 11 is 0. The summed E-state index contributed by atoms with van der Waals surface area (Å²) in [5, 5.41) is 4.50. The molecule has 25 heavy (non-hydrogen) atoms. The number of ether oxygens (including phenoxy) is 2. The molecule has 0 aliphatic carbocycles. The molecule has 0 spiro atoms. The molecular weight excluding hydrogens is 343 g/mol. The second-order valence-electron chi connectivity index (χ2n) is 5.96. The van der Waals surface area contributed by atoms with Crippen LogP contribution in [0.3, 0.4) is 0 Å². The van der Waals surface area contributed by atoms with Crippen LogP contribution in [0.25, 0.3) is 10.9 Å². The highest BCUT2D eigenvalue weighted by molar-refractivity contribution is 5.86. The molecule has 0 amide bonds. The first-order valence-electron chi connectivity index (χ1n) is 7.96. The minimum Gasteiger partial charge on any atom is -0.493 e. The van der Waals surface area contributed by atoms with Crippen LogP contribution < -0.4 is 14.8 Å². The number of hydrogen-bond donors (Lipinski definition) is 2. The number of aromatic nitrogens is 1. The van der Waals surface area contributed by atoms with E-state index in [9.17, 15) is 4.39 Å². The minimum absolute atomic E-state index is 0. The third kappa shape index (κ3) is 2.94. The molecule has 3 aromatic rings. The quantitative estimate of drug-likeness (QED) is 0.740. The van der Waals surface area contributed by atoms with Gasteiger partial charge < -0.3 is 19.8 Å². The Hall–Kier alpha value is -2.24. The molecule has 4 rings (SSSR count). The number of hydrogen-bond acceptors (Lipinski definition) is 3. The fraction of sp³-hybridized carbons (Fsp3) is 0.263. The minimum atomic E-state index is -0.203. The number of nitrogens with one attached hydrogen (secondary N) is 2. The van der Waals surface area contributed by atoms with Crippen molar-refractivity contribution in [1.82, 2.24) is 10.3 Å². The van der Waals surface area contributed by atoms with Gasteiger partial charge in [-0.25, -0.2) is 4.39 Å². The van der Waals surface area contributed by atoms with Crippen LogP contribution in [-0.4, -0.2) is 25.7 Å². The van der Waals surface area contributed by atoms with Gasteiger partial charge in [0.2, 0.25) is 0 Å². The van der Waals surface area contributed by atoms with Crippen LogP contribution in [0, 0.1) is 5.82 Å². The van der Waals surface area contributed by atoms with Crippen molar-refractivity contribution < 1.29 is 13.9 Å². The van der Waals surface area contributed by atoms with Crippen LogP contribution in [0.2, 0.25) is 0 Å². The SMILES string of the molecule is COc1ccc(C2NCCc3c2[nH]c2ccc(F)cc32)cc1OC.Cl. The third-order valence-electron chi connectivity index (χ3n) is 4.65. The van der Waals surface area contributed by atoms with Crippen LogP contribution in [-0.2, 0) is 6.42 Å². The molecule has 1 unspecified atom stereocenters. The summed E-state index contributed by atoms with van der Waals surface area (Å²) in [6.07, 6.45) is 0.878. The topological polar surface area (TPSA) is 46.3 Å². The predicted molar refractivity (Wildman–Crippen MR) is 98.6 cm³/mol. The fourth-order valence-corrected chi connectivity index (χ4v) is 3.52. The van der Waals surface area contributed by atoms with E-state index in [0.717, 1.165) is 35.1 Å². The monoisotopic (exact) mass is 362 g/mol. The molecule has 1 aromatic heterocycles. The number of benzene rings is 2. The maximum atomic E-state index is 13.6. The maximum absolute atomic E-state index is 13.6. The molecule has 0 radical (unpaired) electrons. The summed E-state index contributed by atoms with van der Waals surface area (Å²) in [5.74, 6) is 1.20. The van der Waals surface area contributed by atoms with E-state index in [-0.39, 0.29) is 24.3 Å². The predicted octanol–water partition coefficient (Wildman–Crippen LogP) is 3.98. The van der Waals surface area contributed by atoms with Gasteiger partial charge in [-0.05, 0) is 47.9 Å². The molecule has 0 bridgehead atoms. The molecule has 0 fully saturated rings. The highest BCUT2D eigenvalue weighted by atomic mass is 35.5. The van der Waals surface area contributed by atoms with Crippen LogP contribution in [0.4, 0.5) is 4.39 Å². The number of fused-ring (bicyclic) bond motifs is 3. The summed E-state index contributed by atoms with van der Waals surface area (Å²) in [7, 11) is 3.26. The Morgan fingerprint density at radius 2 is 1.84 bits per heavy atom. The van der Waals surface area contributed by atoms with Gasteiger partial charge in [-0.15, -0.1) is 12.4 Å². The number of H-pyrrole nitrogens is 1. The lowest BCUT2D eigenvalue weighted by atomic mass is 9.94. The fourth-order valence-electron chi connectivity index (χ4n) is 3.52. The Kier molecular flexibility index (Phi) is 4.88. The Morgan fingerprint density at radius 3 is 2.60 bits per heavy atom. The zero-order valence-electron chi connectivity index (χ0n) is 14.1. The second kappa shape index (κ2) is 6.94.